The molecule has 0 saturated carbocycles. The Bertz CT molecular complexity index is 602. The van der Waals surface area contributed by atoms with E-state index in [9.17, 15) is 14.4 Å². The van der Waals surface area contributed by atoms with Gasteiger partial charge in [-0.05, 0) is 25.7 Å². The molecule has 8 heteroatoms. The van der Waals surface area contributed by atoms with Crippen LogP contribution in [0.15, 0.2) is 5.38 Å². The Balaban J connectivity index is 1.85. The molecule has 1 fully saturated rings. The second kappa shape index (κ2) is 8.77. The summed E-state index contributed by atoms with van der Waals surface area (Å²) in [7, 11) is 0. The van der Waals surface area contributed by atoms with Crippen LogP contribution in [0.2, 0.25) is 0 Å². The van der Waals surface area contributed by atoms with E-state index < -0.39 is 5.97 Å². The first-order valence-corrected chi connectivity index (χ1v) is 9.15. The van der Waals surface area contributed by atoms with Gasteiger partial charge in [-0.3, -0.25) is 9.59 Å². The van der Waals surface area contributed by atoms with E-state index in [1.54, 1.807) is 4.90 Å². The highest BCUT2D eigenvalue weighted by molar-refractivity contribution is 7.09. The van der Waals surface area contributed by atoms with E-state index in [0.29, 0.717) is 37.4 Å². The number of rotatable bonds is 7. The smallest absolute Gasteiger partial charge is 0.355 e. The van der Waals surface area contributed by atoms with Gasteiger partial charge in [0.05, 0.1) is 5.01 Å². The van der Waals surface area contributed by atoms with E-state index >= 15 is 0 Å². The Morgan fingerprint density at radius 3 is 2.88 bits per heavy atom. The maximum Gasteiger partial charge on any atom is 0.355 e. The first-order valence-electron chi connectivity index (χ1n) is 8.27. The molecule has 7 nitrogen and oxygen atoms in total. The number of nitrogens with one attached hydrogen (secondary N) is 1. The number of likely N-dealkylation sites (tertiary alicyclic amines) is 1. The molecule has 2 heterocycles. The van der Waals surface area contributed by atoms with E-state index in [-0.39, 0.29) is 23.6 Å². The summed E-state index contributed by atoms with van der Waals surface area (Å²) in [5, 5.41) is 13.9. The van der Waals surface area contributed by atoms with Gasteiger partial charge in [-0.2, -0.15) is 0 Å². The summed E-state index contributed by atoms with van der Waals surface area (Å²) < 4.78 is 0. The van der Waals surface area contributed by atoms with Crippen molar-refractivity contribution in [3.63, 3.8) is 0 Å². The summed E-state index contributed by atoms with van der Waals surface area (Å²) in [5.41, 5.74) is 0.0324. The lowest BCUT2D eigenvalue weighted by atomic mass is 10.0. The molecular weight excluding hydrogens is 330 g/mol. The van der Waals surface area contributed by atoms with Gasteiger partial charge >= 0.3 is 5.97 Å². The minimum Gasteiger partial charge on any atom is -0.476 e. The Morgan fingerprint density at radius 1 is 1.42 bits per heavy atom. The van der Waals surface area contributed by atoms with Gasteiger partial charge in [0, 0.05) is 31.3 Å². The molecule has 0 bridgehead atoms. The van der Waals surface area contributed by atoms with E-state index in [1.165, 1.54) is 16.7 Å². The molecule has 1 atom stereocenters. The van der Waals surface area contributed by atoms with Crippen LogP contribution >= 0.6 is 11.3 Å². The highest BCUT2D eigenvalue weighted by Crippen LogP contribution is 2.18. The van der Waals surface area contributed by atoms with Gasteiger partial charge in [-0.25, -0.2) is 9.78 Å². The van der Waals surface area contributed by atoms with Crippen molar-refractivity contribution in [2.75, 3.05) is 13.1 Å². The van der Waals surface area contributed by atoms with Gasteiger partial charge in [0.1, 0.15) is 6.04 Å². The lowest BCUT2D eigenvalue weighted by Crippen LogP contribution is -2.52. The zero-order valence-corrected chi connectivity index (χ0v) is 14.6. The molecule has 1 aliphatic rings. The Kier molecular flexibility index (Phi) is 6.72. The summed E-state index contributed by atoms with van der Waals surface area (Å²) in [6.45, 7) is 2.99. The summed E-state index contributed by atoms with van der Waals surface area (Å²) in [5.74, 6) is -1.13. The van der Waals surface area contributed by atoms with Gasteiger partial charge < -0.3 is 15.3 Å². The second-order valence-electron chi connectivity index (χ2n) is 5.82. The molecule has 1 aromatic heterocycles. The summed E-state index contributed by atoms with van der Waals surface area (Å²) in [4.78, 5) is 41.0. The van der Waals surface area contributed by atoms with Crippen molar-refractivity contribution in [3.05, 3.63) is 16.1 Å². The number of amides is 2. The number of aromatic carboxylic acids is 1. The van der Waals surface area contributed by atoms with Crippen LogP contribution in [-0.2, 0) is 16.0 Å². The number of thiazole rings is 1. The van der Waals surface area contributed by atoms with Crippen LogP contribution in [-0.4, -0.2) is 51.9 Å². The largest absolute Gasteiger partial charge is 0.476 e. The SMILES string of the molecule is CCCC(=O)N1CCCCC1C(=O)NCCc1nc(C(=O)O)cs1. The number of carbonyl (C=O) groups excluding carboxylic acids is 2. The number of piperidine rings is 1. The molecule has 24 heavy (non-hydrogen) atoms. The van der Waals surface area contributed by atoms with Crippen molar-refractivity contribution in [1.82, 2.24) is 15.2 Å². The zero-order chi connectivity index (χ0) is 17.5. The monoisotopic (exact) mass is 353 g/mol. The van der Waals surface area contributed by atoms with Crippen LogP contribution in [0.4, 0.5) is 0 Å². The molecule has 2 rings (SSSR count). The fraction of sp³-hybridized carbons (Fsp3) is 0.625. The van der Waals surface area contributed by atoms with Crippen molar-refractivity contribution in [1.29, 1.82) is 0 Å². The van der Waals surface area contributed by atoms with E-state index in [0.717, 1.165) is 19.3 Å². The van der Waals surface area contributed by atoms with Crippen molar-refractivity contribution < 1.29 is 19.5 Å². The van der Waals surface area contributed by atoms with E-state index in [2.05, 4.69) is 10.3 Å². The van der Waals surface area contributed by atoms with Crippen molar-refractivity contribution in [3.8, 4) is 0 Å². The molecule has 2 N–H and O–H groups in total. The fourth-order valence-corrected chi connectivity index (χ4v) is 3.57. The third kappa shape index (κ3) is 4.77. The average Bonchev–Trinajstić information content (AvgIpc) is 3.04. The molecule has 0 aliphatic carbocycles. The van der Waals surface area contributed by atoms with Crippen LogP contribution in [0.1, 0.15) is 54.5 Å². The third-order valence-electron chi connectivity index (χ3n) is 4.00. The summed E-state index contributed by atoms with van der Waals surface area (Å²) in [6, 6.07) is -0.385. The topological polar surface area (TPSA) is 99.6 Å². The standard InChI is InChI=1S/C16H23N3O4S/c1-2-5-14(20)19-9-4-3-6-12(19)15(21)17-8-7-13-18-11(10-24-13)16(22)23/h10,12H,2-9H2,1H3,(H,17,21)(H,22,23). The van der Waals surface area contributed by atoms with Crippen LogP contribution in [0.5, 0.6) is 0 Å². The molecule has 0 aromatic carbocycles. The Hall–Kier alpha value is -1.96. The van der Waals surface area contributed by atoms with Crippen molar-refractivity contribution in [2.45, 2.75) is 51.5 Å². The zero-order valence-electron chi connectivity index (χ0n) is 13.8. The van der Waals surface area contributed by atoms with Crippen LogP contribution < -0.4 is 5.32 Å². The minimum atomic E-state index is -1.05. The Labute approximate surface area is 145 Å². The summed E-state index contributed by atoms with van der Waals surface area (Å²) in [6.07, 6.45) is 4.32. The predicted molar refractivity (Wildman–Crippen MR) is 90.0 cm³/mol. The Morgan fingerprint density at radius 2 is 2.21 bits per heavy atom. The highest BCUT2D eigenvalue weighted by atomic mass is 32.1. The number of hydrogen-bond donors (Lipinski definition) is 2. The average molecular weight is 353 g/mol. The van der Waals surface area contributed by atoms with Gasteiger partial charge in [0.2, 0.25) is 11.8 Å². The maximum atomic E-state index is 12.4. The fourth-order valence-electron chi connectivity index (χ4n) is 2.79. The highest BCUT2D eigenvalue weighted by Gasteiger charge is 2.31. The number of nitrogens with zero attached hydrogens (tertiary/aromatic N) is 2. The quantitative estimate of drug-likeness (QED) is 0.777. The second-order valence-corrected chi connectivity index (χ2v) is 6.76. The first kappa shape index (κ1) is 18.4. The molecule has 1 aromatic rings. The lowest BCUT2D eigenvalue weighted by molar-refractivity contribution is -0.142. The molecule has 1 unspecified atom stereocenters. The van der Waals surface area contributed by atoms with E-state index in [4.69, 9.17) is 5.11 Å². The molecule has 0 spiro atoms. The molecule has 1 saturated heterocycles. The third-order valence-corrected chi connectivity index (χ3v) is 4.91. The predicted octanol–water partition coefficient (Wildman–Crippen LogP) is 1.68. The van der Waals surface area contributed by atoms with Gasteiger partial charge in [-0.15, -0.1) is 11.3 Å². The van der Waals surface area contributed by atoms with Crippen molar-refractivity contribution >= 4 is 29.1 Å². The van der Waals surface area contributed by atoms with E-state index in [1.807, 2.05) is 6.92 Å². The van der Waals surface area contributed by atoms with Gasteiger partial charge in [0.15, 0.2) is 5.69 Å². The number of carbonyl (C=O) groups is 3. The lowest BCUT2D eigenvalue weighted by Gasteiger charge is -2.34. The van der Waals surface area contributed by atoms with Gasteiger partial charge in [0.25, 0.3) is 0 Å². The minimum absolute atomic E-state index is 0.0324. The molecule has 1 aliphatic heterocycles. The molecule has 2 amide bonds. The molecule has 132 valence electrons. The van der Waals surface area contributed by atoms with Crippen LogP contribution in [0, 0.1) is 0 Å². The van der Waals surface area contributed by atoms with Crippen molar-refractivity contribution in [2.24, 2.45) is 0 Å². The van der Waals surface area contributed by atoms with Gasteiger partial charge in [-0.1, -0.05) is 6.92 Å². The summed E-state index contributed by atoms with van der Waals surface area (Å²) >= 11 is 1.27. The normalized spacial score (nSPS) is 17.5. The first-order chi connectivity index (χ1) is 11.5. The van der Waals surface area contributed by atoms with Crippen LogP contribution in [0.25, 0.3) is 0 Å². The number of carboxylic acid groups (broad SMARTS) is 1. The molecular formula is C16H23N3O4S. The van der Waals surface area contributed by atoms with Crippen LogP contribution in [0.3, 0.4) is 0 Å². The maximum absolute atomic E-state index is 12.4. The number of aromatic nitrogens is 1. The number of hydrogen-bond acceptors (Lipinski definition) is 5. The number of carboxylic acids is 1. The molecule has 0 radical (unpaired) electrons.